The Bertz CT molecular complexity index is 552. The van der Waals surface area contributed by atoms with E-state index < -0.39 is 0 Å². The largest absolute Gasteiger partial charge is 0.347 e. The molecule has 0 aromatic heterocycles. The first kappa shape index (κ1) is 18.7. The molecule has 2 amide bonds. The number of benzene rings is 1. The van der Waals surface area contributed by atoms with Gasteiger partial charge in [0.15, 0.2) is 0 Å². The van der Waals surface area contributed by atoms with Crippen molar-refractivity contribution in [3.05, 3.63) is 28.8 Å². The molecule has 2 unspecified atom stereocenters. The van der Waals surface area contributed by atoms with Crippen LogP contribution in [0.5, 0.6) is 0 Å². The number of hydrogen-bond acceptors (Lipinski definition) is 3. The third kappa shape index (κ3) is 5.16. The molecule has 1 aliphatic rings. The number of amides is 2. The summed E-state index contributed by atoms with van der Waals surface area (Å²) >= 11 is 6.04. The topological polar surface area (TPSA) is 84.2 Å². The molecule has 0 spiro atoms. The maximum Gasteiger partial charge on any atom is 0.243 e. The summed E-state index contributed by atoms with van der Waals surface area (Å²) < 4.78 is 0. The van der Waals surface area contributed by atoms with Crippen LogP contribution in [0.25, 0.3) is 0 Å². The van der Waals surface area contributed by atoms with E-state index in [1.54, 1.807) is 12.1 Å². The van der Waals surface area contributed by atoms with Gasteiger partial charge in [-0.05, 0) is 43.9 Å². The summed E-state index contributed by atoms with van der Waals surface area (Å²) in [4.78, 5) is 23.7. The van der Waals surface area contributed by atoms with Crippen molar-refractivity contribution in [1.82, 2.24) is 5.32 Å². The standard InChI is InChI=1S/C15H20ClN3O2.ClH/c1-9-2-5-13(12(16)6-9)19-14(20)8-18-15(21)10-3-4-11(17)7-10;/h2,5-6,10-11H,3-4,7-8,17H2,1H3,(H,18,21)(H,19,20);1H. The first-order valence-corrected chi connectivity index (χ1v) is 7.43. The van der Waals surface area contributed by atoms with Crippen LogP contribution >= 0.6 is 24.0 Å². The van der Waals surface area contributed by atoms with Gasteiger partial charge in [-0.1, -0.05) is 17.7 Å². The van der Waals surface area contributed by atoms with Gasteiger partial charge in [-0.3, -0.25) is 9.59 Å². The molecular formula is C15H21Cl2N3O2. The number of anilines is 1. The molecule has 1 saturated carbocycles. The number of halogens is 2. The zero-order chi connectivity index (χ0) is 15.4. The Morgan fingerprint density at radius 2 is 2.09 bits per heavy atom. The van der Waals surface area contributed by atoms with Crippen LogP contribution in [0.3, 0.4) is 0 Å². The van der Waals surface area contributed by atoms with Crippen molar-refractivity contribution in [2.45, 2.75) is 32.2 Å². The molecular weight excluding hydrogens is 325 g/mol. The molecule has 1 aromatic carbocycles. The Morgan fingerprint density at radius 3 is 2.68 bits per heavy atom. The third-order valence-electron chi connectivity index (χ3n) is 3.67. The zero-order valence-corrected chi connectivity index (χ0v) is 14.0. The van der Waals surface area contributed by atoms with Gasteiger partial charge in [-0.25, -0.2) is 0 Å². The van der Waals surface area contributed by atoms with Gasteiger partial charge < -0.3 is 16.4 Å². The summed E-state index contributed by atoms with van der Waals surface area (Å²) in [6, 6.07) is 5.48. The van der Waals surface area contributed by atoms with Crippen LogP contribution in [-0.4, -0.2) is 24.4 Å². The maximum atomic E-state index is 11.9. The average molecular weight is 346 g/mol. The minimum atomic E-state index is -0.295. The number of nitrogens with two attached hydrogens (primary N) is 1. The molecule has 1 fully saturated rings. The van der Waals surface area contributed by atoms with Crippen molar-refractivity contribution in [1.29, 1.82) is 0 Å². The second kappa shape index (κ2) is 8.36. The number of rotatable bonds is 4. The molecule has 1 aromatic rings. The van der Waals surface area contributed by atoms with Crippen LogP contribution in [0.4, 0.5) is 5.69 Å². The molecule has 7 heteroatoms. The molecule has 5 nitrogen and oxygen atoms in total. The van der Waals surface area contributed by atoms with Crippen LogP contribution in [0.1, 0.15) is 24.8 Å². The highest BCUT2D eigenvalue weighted by atomic mass is 35.5. The molecule has 22 heavy (non-hydrogen) atoms. The lowest BCUT2D eigenvalue weighted by atomic mass is 10.1. The molecule has 0 aliphatic heterocycles. The second-order valence-electron chi connectivity index (χ2n) is 5.52. The highest BCUT2D eigenvalue weighted by Gasteiger charge is 2.27. The van der Waals surface area contributed by atoms with E-state index in [0.717, 1.165) is 18.4 Å². The first-order valence-electron chi connectivity index (χ1n) is 7.05. The summed E-state index contributed by atoms with van der Waals surface area (Å²) in [5.74, 6) is -0.472. The van der Waals surface area contributed by atoms with Crippen molar-refractivity contribution in [2.75, 3.05) is 11.9 Å². The summed E-state index contributed by atoms with van der Waals surface area (Å²) in [6.45, 7) is 1.86. The number of hydrogen-bond donors (Lipinski definition) is 3. The number of carbonyl (C=O) groups excluding carboxylic acids is 2. The molecule has 1 aliphatic carbocycles. The SMILES string of the molecule is Cc1ccc(NC(=O)CNC(=O)C2CCC(N)C2)c(Cl)c1.Cl. The molecule has 2 rings (SSSR count). The van der Waals surface area contributed by atoms with E-state index in [1.165, 1.54) is 0 Å². The number of nitrogens with one attached hydrogen (secondary N) is 2. The predicted octanol–water partition coefficient (Wildman–Crippen LogP) is 2.25. The van der Waals surface area contributed by atoms with Crippen molar-refractivity contribution in [3.63, 3.8) is 0 Å². The van der Waals surface area contributed by atoms with E-state index in [9.17, 15) is 9.59 Å². The van der Waals surface area contributed by atoms with Gasteiger partial charge in [0.25, 0.3) is 0 Å². The van der Waals surface area contributed by atoms with Gasteiger partial charge in [-0.15, -0.1) is 12.4 Å². The Morgan fingerprint density at radius 1 is 1.36 bits per heavy atom. The van der Waals surface area contributed by atoms with Gasteiger partial charge >= 0.3 is 0 Å². The first-order chi connectivity index (χ1) is 9.95. The number of carbonyl (C=O) groups is 2. The van der Waals surface area contributed by atoms with E-state index >= 15 is 0 Å². The molecule has 122 valence electrons. The highest BCUT2D eigenvalue weighted by molar-refractivity contribution is 6.33. The maximum absolute atomic E-state index is 11.9. The summed E-state index contributed by atoms with van der Waals surface area (Å²) in [7, 11) is 0. The minimum Gasteiger partial charge on any atom is -0.347 e. The number of aryl methyl sites for hydroxylation is 1. The normalized spacial score (nSPS) is 20.1. The van der Waals surface area contributed by atoms with E-state index in [4.69, 9.17) is 17.3 Å². The molecule has 0 saturated heterocycles. The Labute approximate surface area is 141 Å². The fourth-order valence-electron chi connectivity index (χ4n) is 2.48. The Balaban J connectivity index is 0.00000242. The van der Waals surface area contributed by atoms with Crippen LogP contribution in [0, 0.1) is 12.8 Å². The fourth-order valence-corrected chi connectivity index (χ4v) is 2.76. The van der Waals surface area contributed by atoms with E-state index in [-0.39, 0.29) is 42.7 Å². The smallest absolute Gasteiger partial charge is 0.243 e. The van der Waals surface area contributed by atoms with E-state index in [0.29, 0.717) is 17.1 Å². The molecule has 2 atom stereocenters. The average Bonchev–Trinajstić information content (AvgIpc) is 2.86. The highest BCUT2D eigenvalue weighted by Crippen LogP contribution is 2.24. The lowest BCUT2D eigenvalue weighted by Crippen LogP contribution is -2.36. The molecule has 4 N–H and O–H groups in total. The molecule has 0 bridgehead atoms. The minimum absolute atomic E-state index is 0. The summed E-state index contributed by atoms with van der Waals surface area (Å²) in [5, 5.41) is 5.81. The van der Waals surface area contributed by atoms with Gasteiger partial charge in [0.05, 0.1) is 17.3 Å². The van der Waals surface area contributed by atoms with Crippen LogP contribution in [0.15, 0.2) is 18.2 Å². The van der Waals surface area contributed by atoms with Crippen LogP contribution in [0.2, 0.25) is 5.02 Å². The molecule has 0 radical (unpaired) electrons. The quantitative estimate of drug-likeness (QED) is 0.782. The van der Waals surface area contributed by atoms with Gasteiger partial charge in [0.2, 0.25) is 11.8 Å². The van der Waals surface area contributed by atoms with Gasteiger partial charge in [-0.2, -0.15) is 0 Å². The van der Waals surface area contributed by atoms with Gasteiger partial charge in [0, 0.05) is 12.0 Å². The van der Waals surface area contributed by atoms with E-state index in [2.05, 4.69) is 10.6 Å². The third-order valence-corrected chi connectivity index (χ3v) is 3.98. The summed E-state index contributed by atoms with van der Waals surface area (Å²) in [6.07, 6.45) is 2.35. The molecule has 0 heterocycles. The van der Waals surface area contributed by atoms with Crippen molar-refractivity contribution >= 4 is 41.5 Å². The van der Waals surface area contributed by atoms with Crippen molar-refractivity contribution in [2.24, 2.45) is 11.7 Å². The van der Waals surface area contributed by atoms with Crippen molar-refractivity contribution in [3.8, 4) is 0 Å². The van der Waals surface area contributed by atoms with Crippen LogP contribution in [-0.2, 0) is 9.59 Å². The summed E-state index contributed by atoms with van der Waals surface area (Å²) in [5.41, 5.74) is 7.34. The monoisotopic (exact) mass is 345 g/mol. The van der Waals surface area contributed by atoms with Crippen LogP contribution < -0.4 is 16.4 Å². The van der Waals surface area contributed by atoms with Gasteiger partial charge in [0.1, 0.15) is 0 Å². The lowest BCUT2D eigenvalue weighted by molar-refractivity contribution is -0.127. The van der Waals surface area contributed by atoms with E-state index in [1.807, 2.05) is 13.0 Å². The zero-order valence-electron chi connectivity index (χ0n) is 12.4. The second-order valence-corrected chi connectivity index (χ2v) is 5.93. The Hall–Kier alpha value is -1.30. The Kier molecular flexibility index (Phi) is 7.13. The fraction of sp³-hybridized carbons (Fsp3) is 0.467. The lowest BCUT2D eigenvalue weighted by Gasteiger charge is -2.11. The van der Waals surface area contributed by atoms with Crippen molar-refractivity contribution < 1.29 is 9.59 Å². The predicted molar refractivity (Wildman–Crippen MR) is 90.4 cm³/mol.